The van der Waals surface area contributed by atoms with Crippen molar-refractivity contribution in [1.29, 1.82) is 0 Å². The van der Waals surface area contributed by atoms with Crippen molar-refractivity contribution >= 4 is 17.1 Å². The molecule has 10 nitrogen and oxygen atoms in total. The van der Waals surface area contributed by atoms with Crippen LogP contribution in [-0.4, -0.2) is 61.3 Å². The van der Waals surface area contributed by atoms with Crippen LogP contribution < -0.4 is 11.3 Å². The first kappa shape index (κ1) is 17.8. The van der Waals surface area contributed by atoms with Crippen LogP contribution in [0.1, 0.15) is 32.4 Å². The summed E-state index contributed by atoms with van der Waals surface area (Å²) in [7, 11) is 0. The number of H-pyrrole nitrogens is 1. The molecule has 2 aromatic heterocycles. The van der Waals surface area contributed by atoms with E-state index in [2.05, 4.69) is 21.9 Å². The summed E-state index contributed by atoms with van der Waals surface area (Å²) >= 11 is 0. The highest BCUT2D eigenvalue weighted by atomic mass is 16.6. The van der Waals surface area contributed by atoms with Gasteiger partial charge in [-0.05, 0) is 6.42 Å². The number of rotatable bonds is 7. The van der Waals surface area contributed by atoms with E-state index in [0.29, 0.717) is 6.61 Å². The Morgan fingerprint density at radius 1 is 1.48 bits per heavy atom. The standard InChI is InChI=1S/C15H23N5O5/c1-2-3-4-5-24-11-10(22)8(6-21)25-14(11)20-7-17-9-12(20)18-15(16)19-13(9)23/h7-8,10-11,14,21-22H,2-6H2,1H3,(H3,16,18,19,23)/t8-,10?,11?,14-/m1/s1. The summed E-state index contributed by atoms with van der Waals surface area (Å²) in [5, 5.41) is 19.8. The molecule has 2 aromatic rings. The number of ether oxygens (including phenoxy) is 2. The van der Waals surface area contributed by atoms with Gasteiger partial charge in [0.2, 0.25) is 5.95 Å². The third kappa shape index (κ3) is 3.38. The minimum absolute atomic E-state index is 0.0445. The molecule has 0 amide bonds. The fourth-order valence-electron chi connectivity index (χ4n) is 2.97. The van der Waals surface area contributed by atoms with Crippen LogP contribution in [0.3, 0.4) is 0 Å². The van der Waals surface area contributed by atoms with Gasteiger partial charge in [0.05, 0.1) is 12.9 Å². The normalized spacial score (nSPS) is 26.5. The number of fused-ring (bicyclic) bond motifs is 1. The number of unbranched alkanes of at least 4 members (excludes halogenated alkanes) is 2. The molecule has 3 heterocycles. The van der Waals surface area contributed by atoms with E-state index in [1.54, 1.807) is 0 Å². The van der Waals surface area contributed by atoms with Crippen LogP contribution in [0.4, 0.5) is 5.95 Å². The molecule has 2 unspecified atom stereocenters. The Balaban J connectivity index is 1.91. The lowest BCUT2D eigenvalue weighted by atomic mass is 10.1. The molecule has 1 saturated heterocycles. The molecule has 0 aliphatic carbocycles. The number of anilines is 1. The Kier molecular flexibility index (Phi) is 5.33. The van der Waals surface area contributed by atoms with Crippen LogP contribution >= 0.6 is 0 Å². The van der Waals surface area contributed by atoms with E-state index in [1.165, 1.54) is 10.9 Å². The van der Waals surface area contributed by atoms with E-state index in [-0.39, 0.29) is 23.7 Å². The first-order chi connectivity index (χ1) is 12.1. The summed E-state index contributed by atoms with van der Waals surface area (Å²) < 4.78 is 13.0. The highest BCUT2D eigenvalue weighted by Crippen LogP contribution is 2.33. The van der Waals surface area contributed by atoms with Crippen LogP contribution in [0.15, 0.2) is 11.1 Å². The third-order valence-corrected chi connectivity index (χ3v) is 4.28. The molecule has 0 radical (unpaired) electrons. The zero-order valence-corrected chi connectivity index (χ0v) is 14.0. The Hall–Kier alpha value is -2.01. The van der Waals surface area contributed by atoms with Crippen molar-refractivity contribution in [2.75, 3.05) is 18.9 Å². The molecule has 3 rings (SSSR count). The molecule has 1 aliphatic heterocycles. The van der Waals surface area contributed by atoms with Gasteiger partial charge in [-0.1, -0.05) is 19.8 Å². The predicted molar refractivity (Wildman–Crippen MR) is 88.8 cm³/mol. The number of hydrogen-bond acceptors (Lipinski definition) is 8. The second-order valence-corrected chi connectivity index (χ2v) is 6.06. The van der Waals surface area contributed by atoms with E-state index in [1.807, 2.05) is 0 Å². The summed E-state index contributed by atoms with van der Waals surface area (Å²) in [4.78, 5) is 22.5. The molecular weight excluding hydrogens is 330 g/mol. The fraction of sp³-hybridized carbons (Fsp3) is 0.667. The average Bonchev–Trinajstić information content (AvgIpc) is 3.13. The van der Waals surface area contributed by atoms with Gasteiger partial charge in [-0.15, -0.1) is 0 Å². The number of nitrogens with zero attached hydrogens (tertiary/aromatic N) is 3. The Morgan fingerprint density at radius 2 is 2.28 bits per heavy atom. The average molecular weight is 353 g/mol. The van der Waals surface area contributed by atoms with Gasteiger partial charge in [0, 0.05) is 6.61 Å². The van der Waals surface area contributed by atoms with E-state index >= 15 is 0 Å². The molecule has 5 N–H and O–H groups in total. The van der Waals surface area contributed by atoms with E-state index in [9.17, 15) is 15.0 Å². The number of nitrogens with two attached hydrogens (primary N) is 1. The van der Waals surface area contributed by atoms with Crippen molar-refractivity contribution in [3.05, 3.63) is 16.7 Å². The quantitative estimate of drug-likeness (QED) is 0.488. The summed E-state index contributed by atoms with van der Waals surface area (Å²) in [6.45, 7) is 2.19. The van der Waals surface area contributed by atoms with Gasteiger partial charge in [-0.3, -0.25) is 14.3 Å². The molecule has 1 fully saturated rings. The lowest BCUT2D eigenvalue weighted by molar-refractivity contribution is -0.0710. The maximum absolute atomic E-state index is 11.9. The maximum Gasteiger partial charge on any atom is 0.280 e. The van der Waals surface area contributed by atoms with E-state index in [4.69, 9.17) is 15.2 Å². The first-order valence-corrected chi connectivity index (χ1v) is 8.35. The third-order valence-electron chi connectivity index (χ3n) is 4.28. The molecule has 0 saturated carbocycles. The van der Waals surface area contributed by atoms with Gasteiger partial charge in [-0.25, -0.2) is 4.98 Å². The number of imidazole rings is 1. The number of aliphatic hydroxyl groups is 2. The smallest absolute Gasteiger partial charge is 0.280 e. The number of nitrogen functional groups attached to an aromatic ring is 1. The monoisotopic (exact) mass is 353 g/mol. The number of aromatic amines is 1. The van der Waals surface area contributed by atoms with Crippen LogP contribution in [-0.2, 0) is 9.47 Å². The molecule has 0 aromatic carbocycles. The van der Waals surface area contributed by atoms with Crippen molar-refractivity contribution in [2.45, 2.75) is 50.7 Å². The zero-order valence-electron chi connectivity index (χ0n) is 14.0. The fourth-order valence-corrected chi connectivity index (χ4v) is 2.97. The molecule has 4 atom stereocenters. The minimum atomic E-state index is -1.01. The highest BCUT2D eigenvalue weighted by molar-refractivity contribution is 5.70. The second kappa shape index (κ2) is 7.48. The summed E-state index contributed by atoms with van der Waals surface area (Å²) in [6.07, 6.45) is 1.03. The lowest BCUT2D eigenvalue weighted by Crippen LogP contribution is -2.35. The SMILES string of the molecule is CCCCCOC1C(O)[C@@H](CO)O[C@H]1n1cnc2c(=O)[nH]c(N)nc21. The highest BCUT2D eigenvalue weighted by Gasteiger charge is 2.45. The Bertz CT molecular complexity index is 775. The molecule has 25 heavy (non-hydrogen) atoms. The van der Waals surface area contributed by atoms with Crippen molar-refractivity contribution in [2.24, 2.45) is 0 Å². The molecule has 0 bridgehead atoms. The van der Waals surface area contributed by atoms with Gasteiger partial charge >= 0.3 is 0 Å². The number of hydrogen-bond donors (Lipinski definition) is 4. The molecule has 1 aliphatic rings. The summed E-state index contributed by atoms with van der Waals surface area (Å²) in [5.41, 5.74) is 5.50. The molecule has 10 heteroatoms. The Labute approximate surface area is 143 Å². The summed E-state index contributed by atoms with van der Waals surface area (Å²) in [6, 6.07) is 0. The molecular formula is C15H23N5O5. The lowest BCUT2D eigenvalue weighted by Gasteiger charge is -2.22. The predicted octanol–water partition coefficient (Wildman–Crippen LogP) is -0.472. The second-order valence-electron chi connectivity index (χ2n) is 6.06. The van der Waals surface area contributed by atoms with E-state index < -0.39 is 30.1 Å². The van der Waals surface area contributed by atoms with Crippen LogP contribution in [0, 0.1) is 0 Å². The van der Waals surface area contributed by atoms with Crippen molar-refractivity contribution < 1.29 is 19.7 Å². The van der Waals surface area contributed by atoms with Crippen LogP contribution in [0.5, 0.6) is 0 Å². The minimum Gasteiger partial charge on any atom is -0.394 e. The van der Waals surface area contributed by atoms with Gasteiger partial charge in [0.25, 0.3) is 5.56 Å². The molecule has 0 spiro atoms. The largest absolute Gasteiger partial charge is 0.394 e. The summed E-state index contributed by atoms with van der Waals surface area (Å²) in [5.74, 6) is -0.0445. The van der Waals surface area contributed by atoms with Gasteiger partial charge < -0.3 is 25.4 Å². The maximum atomic E-state index is 11.9. The van der Waals surface area contributed by atoms with Crippen LogP contribution in [0.25, 0.3) is 11.2 Å². The Morgan fingerprint density at radius 3 is 3.00 bits per heavy atom. The van der Waals surface area contributed by atoms with Gasteiger partial charge in [-0.2, -0.15) is 4.98 Å². The van der Waals surface area contributed by atoms with Gasteiger partial charge in [0.1, 0.15) is 18.3 Å². The van der Waals surface area contributed by atoms with Crippen molar-refractivity contribution in [3.63, 3.8) is 0 Å². The van der Waals surface area contributed by atoms with Crippen molar-refractivity contribution in [1.82, 2.24) is 19.5 Å². The molecule has 138 valence electrons. The van der Waals surface area contributed by atoms with Crippen LogP contribution in [0.2, 0.25) is 0 Å². The zero-order chi connectivity index (χ0) is 18.0. The van der Waals surface area contributed by atoms with Gasteiger partial charge in [0.15, 0.2) is 17.4 Å². The van der Waals surface area contributed by atoms with E-state index in [0.717, 1.165) is 19.3 Å². The number of nitrogens with one attached hydrogen (secondary N) is 1. The van der Waals surface area contributed by atoms with Crippen molar-refractivity contribution in [3.8, 4) is 0 Å². The number of aromatic nitrogens is 4. The first-order valence-electron chi connectivity index (χ1n) is 8.35. The number of aliphatic hydroxyl groups excluding tert-OH is 2. The topological polar surface area (TPSA) is 149 Å².